The van der Waals surface area contributed by atoms with Crippen LogP contribution in [0.4, 0.5) is 0 Å². The number of aliphatic imine (C=N–C) groups is 1. The van der Waals surface area contributed by atoms with Crippen LogP contribution in [0, 0.1) is 5.92 Å². The topological polar surface area (TPSA) is 50.0 Å². The third kappa shape index (κ3) is 6.56. The smallest absolute Gasteiger partial charge is 0.193 e. The predicted molar refractivity (Wildman–Crippen MR) is 100.0 cm³/mol. The van der Waals surface area contributed by atoms with Gasteiger partial charge in [-0.1, -0.05) is 0 Å². The van der Waals surface area contributed by atoms with Crippen molar-refractivity contribution in [3.05, 3.63) is 24.2 Å². The maximum absolute atomic E-state index is 5.41. The second-order valence-electron chi connectivity index (χ2n) is 5.57. The Morgan fingerprint density at radius 3 is 2.82 bits per heavy atom. The van der Waals surface area contributed by atoms with Gasteiger partial charge in [-0.2, -0.15) is 0 Å². The summed E-state index contributed by atoms with van der Waals surface area (Å²) >= 11 is 0. The molecule has 6 heteroatoms. The number of ether oxygens (including phenoxy) is 1. The minimum Gasteiger partial charge on any atom is -0.469 e. The molecule has 1 aliphatic heterocycles. The highest BCUT2D eigenvalue weighted by Crippen LogP contribution is 2.18. The lowest BCUT2D eigenvalue weighted by molar-refractivity contribution is 0.0625. The first kappa shape index (κ1) is 19.3. The number of hydrogen-bond donors (Lipinski definition) is 1. The Morgan fingerprint density at radius 1 is 1.41 bits per heavy atom. The van der Waals surface area contributed by atoms with Gasteiger partial charge in [-0.3, -0.25) is 4.99 Å². The lowest BCUT2D eigenvalue weighted by atomic mass is 9.96. The van der Waals surface area contributed by atoms with Crippen LogP contribution < -0.4 is 5.32 Å². The van der Waals surface area contributed by atoms with Crippen LogP contribution in [-0.2, 0) is 11.2 Å². The van der Waals surface area contributed by atoms with Gasteiger partial charge in [-0.05, 0) is 37.3 Å². The summed E-state index contributed by atoms with van der Waals surface area (Å²) in [6.45, 7) is 3.71. The molecule has 1 N–H and O–H groups in total. The van der Waals surface area contributed by atoms with E-state index in [1.165, 1.54) is 19.3 Å². The summed E-state index contributed by atoms with van der Waals surface area (Å²) in [5.74, 6) is 2.75. The predicted octanol–water partition coefficient (Wildman–Crippen LogP) is 2.76. The molecule has 1 saturated heterocycles. The third-order valence-corrected chi connectivity index (χ3v) is 4.02. The fourth-order valence-electron chi connectivity index (χ4n) is 2.65. The van der Waals surface area contributed by atoms with E-state index in [1.54, 1.807) is 6.26 Å². The van der Waals surface area contributed by atoms with E-state index in [0.717, 1.165) is 50.4 Å². The molecule has 1 aromatic heterocycles. The molecule has 0 aliphatic carbocycles. The molecule has 5 nitrogen and oxygen atoms in total. The fraction of sp³-hybridized carbons (Fsp3) is 0.688. The number of halogens is 1. The van der Waals surface area contributed by atoms with Gasteiger partial charge >= 0.3 is 0 Å². The molecule has 1 fully saturated rings. The molecule has 0 spiro atoms. The molecule has 0 amide bonds. The van der Waals surface area contributed by atoms with Crippen molar-refractivity contribution < 1.29 is 9.15 Å². The molecule has 0 aromatic carbocycles. The normalized spacial score (nSPS) is 16.2. The van der Waals surface area contributed by atoms with Crippen LogP contribution in [-0.4, -0.2) is 51.3 Å². The van der Waals surface area contributed by atoms with Crippen LogP contribution in [0.25, 0.3) is 0 Å². The number of nitrogens with zero attached hydrogens (tertiary/aromatic N) is 2. The second kappa shape index (κ2) is 10.9. The standard InChI is InChI=1S/C16H27N3O2.HI/c1-17-16(18-9-5-15-4-3-11-21-15)19(2)10-6-14-7-12-20-13-8-14;/h3-4,11,14H,5-10,12-13H2,1-2H3,(H,17,18);1H. The lowest BCUT2D eigenvalue weighted by Gasteiger charge is -2.26. The highest BCUT2D eigenvalue weighted by molar-refractivity contribution is 14.0. The van der Waals surface area contributed by atoms with E-state index < -0.39 is 0 Å². The van der Waals surface area contributed by atoms with Gasteiger partial charge in [-0.25, -0.2) is 0 Å². The molecule has 1 aliphatic rings. The molecule has 0 saturated carbocycles. The van der Waals surface area contributed by atoms with Crippen LogP contribution in [0.5, 0.6) is 0 Å². The molecule has 0 atom stereocenters. The Bertz CT molecular complexity index is 417. The van der Waals surface area contributed by atoms with E-state index in [0.29, 0.717) is 0 Å². The summed E-state index contributed by atoms with van der Waals surface area (Å²) < 4.78 is 10.7. The Morgan fingerprint density at radius 2 is 2.18 bits per heavy atom. The summed E-state index contributed by atoms with van der Waals surface area (Å²) in [4.78, 5) is 6.55. The van der Waals surface area contributed by atoms with E-state index in [9.17, 15) is 0 Å². The van der Waals surface area contributed by atoms with Crippen LogP contribution in [0.1, 0.15) is 25.0 Å². The van der Waals surface area contributed by atoms with Crippen molar-refractivity contribution >= 4 is 29.9 Å². The first-order valence-electron chi connectivity index (χ1n) is 7.81. The quantitative estimate of drug-likeness (QED) is 0.436. The molecule has 0 unspecified atom stereocenters. The minimum absolute atomic E-state index is 0. The third-order valence-electron chi connectivity index (χ3n) is 4.02. The van der Waals surface area contributed by atoms with E-state index in [2.05, 4.69) is 22.3 Å². The number of guanidine groups is 1. The van der Waals surface area contributed by atoms with Gasteiger partial charge in [0.2, 0.25) is 0 Å². The zero-order chi connectivity index (χ0) is 14.9. The maximum Gasteiger partial charge on any atom is 0.193 e. The van der Waals surface area contributed by atoms with E-state index >= 15 is 0 Å². The van der Waals surface area contributed by atoms with Crippen molar-refractivity contribution in [3.8, 4) is 0 Å². The molecule has 2 rings (SSSR count). The van der Waals surface area contributed by atoms with Gasteiger partial charge in [0.1, 0.15) is 5.76 Å². The monoisotopic (exact) mass is 421 g/mol. The SMILES string of the molecule is CN=C(NCCc1ccco1)N(C)CCC1CCOCC1.I. The van der Waals surface area contributed by atoms with Crippen molar-refractivity contribution in [2.75, 3.05) is 40.4 Å². The number of hydrogen-bond acceptors (Lipinski definition) is 3. The fourth-order valence-corrected chi connectivity index (χ4v) is 2.65. The maximum atomic E-state index is 5.41. The highest BCUT2D eigenvalue weighted by atomic mass is 127. The van der Waals surface area contributed by atoms with Crippen LogP contribution in [0.15, 0.2) is 27.8 Å². The number of rotatable bonds is 6. The van der Waals surface area contributed by atoms with Crippen LogP contribution in [0.2, 0.25) is 0 Å². The zero-order valence-electron chi connectivity index (χ0n) is 13.6. The Kier molecular flexibility index (Phi) is 9.54. The van der Waals surface area contributed by atoms with Crippen molar-refractivity contribution in [2.45, 2.75) is 25.7 Å². The Labute approximate surface area is 150 Å². The molecular formula is C16H28IN3O2. The highest BCUT2D eigenvalue weighted by Gasteiger charge is 2.15. The van der Waals surface area contributed by atoms with E-state index in [4.69, 9.17) is 9.15 Å². The van der Waals surface area contributed by atoms with Gasteiger partial charge in [0.25, 0.3) is 0 Å². The molecule has 2 heterocycles. The average Bonchev–Trinajstić information content (AvgIpc) is 3.03. The summed E-state index contributed by atoms with van der Waals surface area (Å²) in [5.41, 5.74) is 0. The molecule has 0 bridgehead atoms. The molecule has 126 valence electrons. The molecule has 1 aromatic rings. The van der Waals surface area contributed by atoms with E-state index in [-0.39, 0.29) is 24.0 Å². The van der Waals surface area contributed by atoms with Crippen molar-refractivity contribution in [1.82, 2.24) is 10.2 Å². The average molecular weight is 421 g/mol. The molecular weight excluding hydrogens is 393 g/mol. The Hall–Kier alpha value is -0.760. The Balaban J connectivity index is 0.00000242. The summed E-state index contributed by atoms with van der Waals surface area (Å²) in [5, 5.41) is 3.39. The van der Waals surface area contributed by atoms with Crippen LogP contribution >= 0.6 is 24.0 Å². The van der Waals surface area contributed by atoms with Crippen molar-refractivity contribution in [3.63, 3.8) is 0 Å². The van der Waals surface area contributed by atoms with Gasteiger partial charge in [0.05, 0.1) is 6.26 Å². The van der Waals surface area contributed by atoms with Gasteiger partial charge in [0, 0.05) is 46.8 Å². The summed E-state index contributed by atoms with van der Waals surface area (Å²) in [6.07, 6.45) is 6.18. The minimum atomic E-state index is 0. The number of furan rings is 1. The zero-order valence-corrected chi connectivity index (χ0v) is 15.9. The van der Waals surface area contributed by atoms with Gasteiger partial charge in [-0.15, -0.1) is 24.0 Å². The van der Waals surface area contributed by atoms with Gasteiger partial charge in [0.15, 0.2) is 5.96 Å². The second-order valence-corrected chi connectivity index (χ2v) is 5.57. The lowest BCUT2D eigenvalue weighted by Crippen LogP contribution is -2.40. The first-order valence-corrected chi connectivity index (χ1v) is 7.81. The van der Waals surface area contributed by atoms with E-state index in [1.807, 2.05) is 19.2 Å². The van der Waals surface area contributed by atoms with Crippen molar-refractivity contribution in [1.29, 1.82) is 0 Å². The molecule has 22 heavy (non-hydrogen) atoms. The molecule has 0 radical (unpaired) electrons. The summed E-state index contributed by atoms with van der Waals surface area (Å²) in [7, 11) is 3.93. The number of nitrogens with one attached hydrogen (secondary N) is 1. The van der Waals surface area contributed by atoms with Crippen LogP contribution in [0.3, 0.4) is 0 Å². The first-order chi connectivity index (χ1) is 10.3. The summed E-state index contributed by atoms with van der Waals surface area (Å²) in [6, 6.07) is 3.92. The van der Waals surface area contributed by atoms with Gasteiger partial charge < -0.3 is 19.4 Å². The largest absolute Gasteiger partial charge is 0.469 e. The van der Waals surface area contributed by atoms with Crippen molar-refractivity contribution in [2.24, 2.45) is 10.9 Å².